The molecule has 0 bridgehead atoms. The van der Waals surface area contributed by atoms with Gasteiger partial charge in [-0.3, -0.25) is 0 Å². The molecule has 0 amide bonds. The molecular formula is C22H19ClN4O2. The van der Waals surface area contributed by atoms with Crippen LogP contribution >= 0.6 is 11.6 Å². The molecule has 0 fully saturated rings. The summed E-state index contributed by atoms with van der Waals surface area (Å²) >= 11 is 6.42. The molecule has 3 N–H and O–H groups in total. The first-order valence-electron chi connectivity index (χ1n) is 8.95. The summed E-state index contributed by atoms with van der Waals surface area (Å²) in [4.78, 5) is 8.58. The molecule has 0 aliphatic rings. The van der Waals surface area contributed by atoms with Crippen LogP contribution in [0.4, 0.5) is 17.2 Å². The van der Waals surface area contributed by atoms with Gasteiger partial charge in [-0.05, 0) is 54.1 Å². The van der Waals surface area contributed by atoms with Crippen molar-refractivity contribution in [3.05, 3.63) is 77.6 Å². The van der Waals surface area contributed by atoms with E-state index in [-0.39, 0.29) is 0 Å². The number of nitrogen functional groups attached to an aromatic ring is 1. The second-order valence-corrected chi connectivity index (χ2v) is 6.82. The summed E-state index contributed by atoms with van der Waals surface area (Å²) in [7, 11) is 1.64. The van der Waals surface area contributed by atoms with Crippen LogP contribution in [0.5, 0.6) is 11.5 Å². The number of rotatable bonds is 6. The molecule has 0 spiro atoms. The van der Waals surface area contributed by atoms with E-state index in [0.717, 1.165) is 27.9 Å². The number of aromatic nitrogens is 2. The molecule has 3 aromatic carbocycles. The average Bonchev–Trinajstić information content (AvgIpc) is 2.74. The number of anilines is 3. The van der Waals surface area contributed by atoms with Crippen LogP contribution in [0.2, 0.25) is 5.02 Å². The fourth-order valence-electron chi connectivity index (χ4n) is 2.93. The first-order chi connectivity index (χ1) is 14.1. The number of nitrogens with one attached hydrogen (secondary N) is 1. The molecule has 1 heterocycles. The van der Waals surface area contributed by atoms with Gasteiger partial charge in [0.15, 0.2) is 0 Å². The van der Waals surface area contributed by atoms with Crippen molar-refractivity contribution in [2.24, 2.45) is 0 Å². The zero-order chi connectivity index (χ0) is 20.2. The Labute approximate surface area is 173 Å². The molecule has 0 radical (unpaired) electrons. The SMILES string of the molecule is COc1cccc(COc2ccc(Nc3ncnc4ccc(N)cc34)cc2Cl)c1. The molecule has 4 rings (SSSR count). The molecule has 0 saturated heterocycles. The van der Waals surface area contributed by atoms with Gasteiger partial charge in [0.2, 0.25) is 0 Å². The lowest BCUT2D eigenvalue weighted by Gasteiger charge is -2.12. The Balaban J connectivity index is 1.51. The quantitative estimate of drug-likeness (QED) is 0.428. The maximum atomic E-state index is 6.42. The lowest BCUT2D eigenvalue weighted by Crippen LogP contribution is -1.99. The zero-order valence-corrected chi connectivity index (χ0v) is 16.5. The van der Waals surface area contributed by atoms with E-state index in [4.69, 9.17) is 26.8 Å². The number of fused-ring (bicyclic) bond motifs is 1. The molecule has 0 aliphatic heterocycles. The maximum Gasteiger partial charge on any atom is 0.141 e. The monoisotopic (exact) mass is 406 g/mol. The molecule has 1 aromatic heterocycles. The second kappa shape index (κ2) is 8.24. The van der Waals surface area contributed by atoms with Gasteiger partial charge in [0.05, 0.1) is 17.6 Å². The van der Waals surface area contributed by atoms with Gasteiger partial charge in [-0.25, -0.2) is 9.97 Å². The fraction of sp³-hybridized carbons (Fsp3) is 0.0909. The number of benzene rings is 3. The second-order valence-electron chi connectivity index (χ2n) is 6.41. The Bertz CT molecular complexity index is 1170. The number of hydrogen-bond donors (Lipinski definition) is 2. The van der Waals surface area contributed by atoms with Gasteiger partial charge in [-0.2, -0.15) is 0 Å². The Morgan fingerprint density at radius 1 is 1.03 bits per heavy atom. The van der Waals surface area contributed by atoms with Crippen molar-refractivity contribution in [3.63, 3.8) is 0 Å². The van der Waals surface area contributed by atoms with Crippen LogP contribution in [0.1, 0.15) is 5.56 Å². The fourth-order valence-corrected chi connectivity index (χ4v) is 3.16. The summed E-state index contributed by atoms with van der Waals surface area (Å²) in [6.45, 7) is 0.388. The molecule has 0 saturated carbocycles. The highest BCUT2D eigenvalue weighted by atomic mass is 35.5. The predicted octanol–water partition coefficient (Wildman–Crippen LogP) is 5.20. The van der Waals surface area contributed by atoms with Crippen molar-refractivity contribution in [2.45, 2.75) is 6.61 Å². The zero-order valence-electron chi connectivity index (χ0n) is 15.7. The number of ether oxygens (including phenoxy) is 2. The number of nitrogens with zero attached hydrogens (tertiary/aromatic N) is 2. The smallest absolute Gasteiger partial charge is 0.141 e. The van der Waals surface area contributed by atoms with E-state index in [1.807, 2.05) is 54.6 Å². The maximum absolute atomic E-state index is 6.42. The summed E-state index contributed by atoms with van der Waals surface area (Å²) in [6.07, 6.45) is 1.51. The Kier molecular flexibility index (Phi) is 5.35. The van der Waals surface area contributed by atoms with Gasteiger partial charge in [-0.1, -0.05) is 23.7 Å². The lowest BCUT2D eigenvalue weighted by molar-refractivity contribution is 0.305. The van der Waals surface area contributed by atoms with Crippen LogP contribution in [-0.4, -0.2) is 17.1 Å². The minimum atomic E-state index is 0.388. The van der Waals surface area contributed by atoms with Gasteiger partial charge in [0.1, 0.15) is 30.3 Å². The third-order valence-corrected chi connectivity index (χ3v) is 4.68. The summed E-state index contributed by atoms with van der Waals surface area (Å²) in [5.74, 6) is 2.04. The Morgan fingerprint density at radius 3 is 2.76 bits per heavy atom. The number of methoxy groups -OCH3 is 1. The molecule has 0 atom stereocenters. The predicted molar refractivity (Wildman–Crippen MR) is 116 cm³/mol. The van der Waals surface area contributed by atoms with E-state index in [1.54, 1.807) is 13.2 Å². The van der Waals surface area contributed by atoms with E-state index in [2.05, 4.69) is 15.3 Å². The topological polar surface area (TPSA) is 82.3 Å². The van der Waals surface area contributed by atoms with Crippen molar-refractivity contribution in [1.29, 1.82) is 0 Å². The van der Waals surface area contributed by atoms with E-state index >= 15 is 0 Å². The first-order valence-corrected chi connectivity index (χ1v) is 9.33. The normalized spacial score (nSPS) is 10.7. The largest absolute Gasteiger partial charge is 0.497 e. The van der Waals surface area contributed by atoms with Crippen molar-refractivity contribution in [3.8, 4) is 11.5 Å². The van der Waals surface area contributed by atoms with E-state index < -0.39 is 0 Å². The van der Waals surface area contributed by atoms with Crippen LogP contribution in [0.3, 0.4) is 0 Å². The van der Waals surface area contributed by atoms with Gasteiger partial charge in [0, 0.05) is 16.8 Å². The van der Waals surface area contributed by atoms with E-state index in [0.29, 0.717) is 28.9 Å². The first kappa shape index (κ1) is 18.8. The number of nitrogens with two attached hydrogens (primary N) is 1. The van der Waals surface area contributed by atoms with Gasteiger partial charge in [-0.15, -0.1) is 0 Å². The lowest BCUT2D eigenvalue weighted by atomic mass is 10.2. The summed E-state index contributed by atoms with van der Waals surface area (Å²) < 4.78 is 11.1. The minimum Gasteiger partial charge on any atom is -0.497 e. The third kappa shape index (κ3) is 4.33. The van der Waals surface area contributed by atoms with Gasteiger partial charge in [0.25, 0.3) is 0 Å². The number of hydrogen-bond acceptors (Lipinski definition) is 6. The van der Waals surface area contributed by atoms with Crippen molar-refractivity contribution >= 4 is 39.7 Å². The Hall–Kier alpha value is -3.51. The van der Waals surface area contributed by atoms with E-state index in [1.165, 1.54) is 6.33 Å². The van der Waals surface area contributed by atoms with Crippen molar-refractivity contribution in [1.82, 2.24) is 9.97 Å². The van der Waals surface area contributed by atoms with E-state index in [9.17, 15) is 0 Å². The van der Waals surface area contributed by atoms with Crippen LogP contribution in [0.25, 0.3) is 10.9 Å². The molecule has 6 nitrogen and oxygen atoms in total. The van der Waals surface area contributed by atoms with Crippen LogP contribution in [0, 0.1) is 0 Å². The van der Waals surface area contributed by atoms with Crippen LogP contribution in [-0.2, 0) is 6.61 Å². The summed E-state index contributed by atoms with van der Waals surface area (Å²) in [5, 5.41) is 4.60. The highest BCUT2D eigenvalue weighted by molar-refractivity contribution is 6.32. The molecular weight excluding hydrogens is 388 g/mol. The molecule has 0 aliphatic carbocycles. The Morgan fingerprint density at radius 2 is 1.93 bits per heavy atom. The van der Waals surface area contributed by atoms with Crippen LogP contribution in [0.15, 0.2) is 67.0 Å². The van der Waals surface area contributed by atoms with Gasteiger partial charge < -0.3 is 20.5 Å². The molecule has 0 unspecified atom stereocenters. The average molecular weight is 407 g/mol. The standard InChI is InChI=1S/C22H19ClN4O2/c1-28-17-4-2-3-14(9-17)12-29-21-8-6-16(11-19(21)23)27-22-18-10-15(24)5-7-20(18)25-13-26-22/h2-11,13H,12,24H2,1H3,(H,25,26,27). The van der Waals surface area contributed by atoms with Crippen molar-refractivity contribution in [2.75, 3.05) is 18.2 Å². The highest BCUT2D eigenvalue weighted by Gasteiger charge is 2.08. The molecule has 4 aromatic rings. The van der Waals surface area contributed by atoms with Crippen molar-refractivity contribution < 1.29 is 9.47 Å². The molecule has 7 heteroatoms. The third-order valence-electron chi connectivity index (χ3n) is 4.38. The minimum absolute atomic E-state index is 0.388. The van der Waals surface area contributed by atoms with Gasteiger partial charge >= 0.3 is 0 Å². The van der Waals surface area contributed by atoms with Crippen LogP contribution < -0.4 is 20.5 Å². The summed E-state index contributed by atoms with van der Waals surface area (Å²) in [5.41, 5.74) is 9.13. The number of halogens is 1. The summed E-state index contributed by atoms with van der Waals surface area (Å²) in [6, 6.07) is 18.7. The molecule has 146 valence electrons. The highest BCUT2D eigenvalue weighted by Crippen LogP contribution is 2.31. The molecule has 29 heavy (non-hydrogen) atoms.